The Kier molecular flexibility index (Phi) is 4.77. The van der Waals surface area contributed by atoms with Crippen LogP contribution in [0.1, 0.15) is 31.2 Å². The summed E-state index contributed by atoms with van der Waals surface area (Å²) < 4.78 is 0. The van der Waals surface area contributed by atoms with Crippen molar-refractivity contribution in [2.45, 2.75) is 25.7 Å². The maximum absolute atomic E-state index is 4.81. The molecule has 0 saturated carbocycles. The third-order valence-electron chi connectivity index (χ3n) is 4.71. The van der Waals surface area contributed by atoms with Crippen LogP contribution in [0.25, 0.3) is 0 Å². The maximum atomic E-state index is 4.81. The summed E-state index contributed by atoms with van der Waals surface area (Å²) in [6, 6.07) is 12.1. The predicted octanol–water partition coefficient (Wildman–Crippen LogP) is 3.12. The minimum Gasteiger partial charge on any atom is -0.356 e. The van der Waals surface area contributed by atoms with Gasteiger partial charge >= 0.3 is 0 Å². The Bertz CT molecular complexity index is 684. The van der Waals surface area contributed by atoms with Crippen LogP contribution < -0.4 is 15.2 Å². The average molecular weight is 336 g/mol. The van der Waals surface area contributed by atoms with Gasteiger partial charge in [0.1, 0.15) is 5.82 Å². The van der Waals surface area contributed by atoms with E-state index in [-0.39, 0.29) is 0 Å². The summed E-state index contributed by atoms with van der Waals surface area (Å²) in [6.45, 7) is 4.22. The normalized spacial score (nSPS) is 17.6. The van der Waals surface area contributed by atoms with Crippen LogP contribution in [0.4, 0.5) is 17.6 Å². The van der Waals surface area contributed by atoms with Gasteiger partial charge < -0.3 is 9.80 Å². The molecular formula is C19H24N6. The lowest BCUT2D eigenvalue weighted by molar-refractivity contribution is 0.871. The number of benzene rings is 1. The fourth-order valence-corrected chi connectivity index (χ4v) is 3.36. The summed E-state index contributed by atoms with van der Waals surface area (Å²) in [5.41, 5.74) is 4.14. The van der Waals surface area contributed by atoms with Crippen LogP contribution in [0.3, 0.4) is 0 Å². The first kappa shape index (κ1) is 15.9. The summed E-state index contributed by atoms with van der Waals surface area (Å²) in [5, 5.41) is 4.34. The molecule has 0 unspecified atom stereocenters. The number of hydrogen-bond donors (Lipinski definition) is 1. The highest BCUT2D eigenvalue weighted by Gasteiger charge is 2.20. The molecule has 0 atom stereocenters. The van der Waals surface area contributed by atoms with E-state index < -0.39 is 0 Å². The van der Waals surface area contributed by atoms with Crippen molar-refractivity contribution < 1.29 is 0 Å². The van der Waals surface area contributed by atoms with Crippen molar-refractivity contribution in [2.24, 2.45) is 5.10 Å². The van der Waals surface area contributed by atoms with E-state index in [4.69, 9.17) is 4.98 Å². The van der Waals surface area contributed by atoms with Gasteiger partial charge in [0, 0.05) is 32.2 Å². The number of anilines is 3. The van der Waals surface area contributed by atoms with E-state index >= 15 is 0 Å². The fraction of sp³-hybridized carbons (Fsp3) is 0.421. The van der Waals surface area contributed by atoms with Gasteiger partial charge in [-0.25, -0.2) is 0 Å². The maximum Gasteiger partial charge on any atom is 0.229 e. The molecule has 0 spiro atoms. The van der Waals surface area contributed by atoms with E-state index in [9.17, 15) is 0 Å². The Balaban J connectivity index is 1.55. The summed E-state index contributed by atoms with van der Waals surface area (Å²) in [5.74, 6) is 2.58. The molecule has 0 bridgehead atoms. The lowest BCUT2D eigenvalue weighted by Crippen LogP contribution is -2.24. The molecule has 2 saturated heterocycles. The highest BCUT2D eigenvalue weighted by atomic mass is 15.4. The zero-order chi connectivity index (χ0) is 16.9. The number of hydrogen-bond acceptors (Lipinski definition) is 6. The standard InChI is InChI=1S/C19H24N6/c1-2-8-16(9-3-1)15-20-23-17-14-18(24-10-4-5-11-24)22-19(21-17)25-12-6-7-13-25/h1-3,8-9,14-15H,4-7,10-13H2,(H,21,22,23)/b20-15-. The first-order valence-corrected chi connectivity index (χ1v) is 9.12. The SMILES string of the molecule is C(=N/Nc1cc(N2CCCC2)nc(N2CCCC2)n1)/c1ccccc1. The van der Waals surface area contributed by atoms with Gasteiger partial charge in [-0.1, -0.05) is 30.3 Å². The molecule has 0 radical (unpaired) electrons. The molecule has 1 N–H and O–H groups in total. The van der Waals surface area contributed by atoms with Crippen LogP contribution in [-0.2, 0) is 0 Å². The zero-order valence-electron chi connectivity index (χ0n) is 14.4. The lowest BCUT2D eigenvalue weighted by atomic mass is 10.2. The van der Waals surface area contributed by atoms with Crippen LogP contribution in [0.5, 0.6) is 0 Å². The van der Waals surface area contributed by atoms with Crippen LogP contribution in [0.2, 0.25) is 0 Å². The first-order valence-electron chi connectivity index (χ1n) is 9.12. The number of nitrogens with zero attached hydrogens (tertiary/aromatic N) is 5. The van der Waals surface area contributed by atoms with Crippen molar-refractivity contribution in [3.63, 3.8) is 0 Å². The molecule has 4 rings (SSSR count). The summed E-state index contributed by atoms with van der Waals surface area (Å²) in [4.78, 5) is 14.1. The van der Waals surface area contributed by atoms with E-state index in [1.54, 1.807) is 0 Å². The molecule has 0 aliphatic carbocycles. The molecule has 2 aliphatic heterocycles. The summed E-state index contributed by atoms with van der Waals surface area (Å²) in [6.07, 6.45) is 6.71. The van der Waals surface area contributed by atoms with Crippen molar-refractivity contribution in [1.29, 1.82) is 0 Å². The van der Waals surface area contributed by atoms with E-state index in [0.29, 0.717) is 0 Å². The van der Waals surface area contributed by atoms with E-state index in [0.717, 1.165) is 49.3 Å². The van der Waals surface area contributed by atoms with Gasteiger partial charge in [0.05, 0.1) is 6.21 Å². The van der Waals surface area contributed by atoms with Gasteiger partial charge in [-0.15, -0.1) is 0 Å². The molecule has 3 heterocycles. The van der Waals surface area contributed by atoms with Crippen LogP contribution >= 0.6 is 0 Å². The Hall–Kier alpha value is -2.63. The van der Waals surface area contributed by atoms with Gasteiger partial charge in [-0.05, 0) is 31.2 Å². The van der Waals surface area contributed by atoms with E-state index in [1.807, 2.05) is 42.6 Å². The van der Waals surface area contributed by atoms with Crippen LogP contribution in [0, 0.1) is 0 Å². The Morgan fingerprint density at radius 1 is 0.880 bits per heavy atom. The predicted molar refractivity (Wildman–Crippen MR) is 103 cm³/mol. The molecule has 25 heavy (non-hydrogen) atoms. The van der Waals surface area contributed by atoms with Crippen LogP contribution in [-0.4, -0.2) is 42.4 Å². The Labute approximate surface area is 148 Å². The molecule has 0 amide bonds. The molecule has 130 valence electrons. The van der Waals surface area contributed by atoms with Gasteiger partial charge in [0.2, 0.25) is 5.95 Å². The summed E-state index contributed by atoms with van der Waals surface area (Å²) in [7, 11) is 0. The minimum atomic E-state index is 0.756. The smallest absolute Gasteiger partial charge is 0.229 e. The second-order valence-corrected chi connectivity index (χ2v) is 6.58. The van der Waals surface area contributed by atoms with Crippen molar-refractivity contribution in [2.75, 3.05) is 41.4 Å². The molecular weight excluding hydrogens is 312 g/mol. The molecule has 6 nitrogen and oxygen atoms in total. The van der Waals surface area contributed by atoms with E-state index in [2.05, 4.69) is 25.3 Å². The van der Waals surface area contributed by atoms with E-state index in [1.165, 1.54) is 25.7 Å². The average Bonchev–Trinajstić information content (AvgIpc) is 3.36. The third kappa shape index (κ3) is 3.90. The zero-order valence-corrected chi connectivity index (χ0v) is 14.4. The minimum absolute atomic E-state index is 0.756. The van der Waals surface area contributed by atoms with Crippen molar-refractivity contribution in [1.82, 2.24) is 9.97 Å². The quantitative estimate of drug-likeness (QED) is 0.671. The Morgan fingerprint density at radius 2 is 1.56 bits per heavy atom. The number of rotatable bonds is 5. The third-order valence-corrected chi connectivity index (χ3v) is 4.71. The highest BCUT2D eigenvalue weighted by Crippen LogP contribution is 2.25. The second-order valence-electron chi connectivity index (χ2n) is 6.58. The number of hydrazone groups is 1. The van der Waals surface area contributed by atoms with Crippen molar-refractivity contribution in [3.05, 3.63) is 42.0 Å². The largest absolute Gasteiger partial charge is 0.356 e. The van der Waals surface area contributed by atoms with Gasteiger partial charge in [-0.3, -0.25) is 5.43 Å². The molecule has 1 aromatic carbocycles. The molecule has 2 fully saturated rings. The fourth-order valence-electron chi connectivity index (χ4n) is 3.36. The van der Waals surface area contributed by atoms with Gasteiger partial charge in [-0.2, -0.15) is 15.1 Å². The highest BCUT2D eigenvalue weighted by molar-refractivity contribution is 5.80. The monoisotopic (exact) mass is 336 g/mol. The van der Waals surface area contributed by atoms with Crippen molar-refractivity contribution in [3.8, 4) is 0 Å². The molecule has 2 aliphatic rings. The summed E-state index contributed by atoms with van der Waals surface area (Å²) >= 11 is 0. The molecule has 2 aromatic rings. The molecule has 6 heteroatoms. The molecule has 1 aromatic heterocycles. The van der Waals surface area contributed by atoms with Gasteiger partial charge in [0.15, 0.2) is 5.82 Å². The Morgan fingerprint density at radius 3 is 2.28 bits per heavy atom. The lowest BCUT2D eigenvalue weighted by Gasteiger charge is -2.21. The first-order chi connectivity index (χ1) is 12.4. The number of aromatic nitrogens is 2. The topological polar surface area (TPSA) is 56.7 Å². The van der Waals surface area contributed by atoms with Crippen LogP contribution in [0.15, 0.2) is 41.5 Å². The number of nitrogens with one attached hydrogen (secondary N) is 1. The van der Waals surface area contributed by atoms with Crippen molar-refractivity contribution >= 4 is 23.8 Å². The van der Waals surface area contributed by atoms with Gasteiger partial charge in [0.25, 0.3) is 0 Å². The second kappa shape index (κ2) is 7.51.